The lowest BCUT2D eigenvalue weighted by Gasteiger charge is -2.19. The lowest BCUT2D eigenvalue weighted by molar-refractivity contribution is 0.321. The number of nitrogens with one attached hydrogen (secondary N) is 2. The van der Waals surface area contributed by atoms with Gasteiger partial charge in [-0.2, -0.15) is 0 Å². The van der Waals surface area contributed by atoms with Crippen molar-refractivity contribution in [3.8, 4) is 0 Å². The molecule has 0 bridgehead atoms. The van der Waals surface area contributed by atoms with Crippen molar-refractivity contribution in [2.45, 2.75) is 50.7 Å². The van der Waals surface area contributed by atoms with E-state index in [1.54, 1.807) is 0 Å². The van der Waals surface area contributed by atoms with Crippen molar-refractivity contribution < 1.29 is 0 Å². The number of rotatable bonds is 5. The van der Waals surface area contributed by atoms with Crippen molar-refractivity contribution in [2.24, 2.45) is 4.99 Å². The highest BCUT2D eigenvalue weighted by Crippen LogP contribution is 2.29. The molecule has 6 heteroatoms. The normalized spacial score (nSPS) is 24.8. The van der Waals surface area contributed by atoms with Crippen LogP contribution in [0.1, 0.15) is 37.7 Å². The molecule has 2 aliphatic heterocycles. The van der Waals surface area contributed by atoms with Gasteiger partial charge in [0.15, 0.2) is 5.96 Å². The third kappa shape index (κ3) is 4.24. The van der Waals surface area contributed by atoms with E-state index in [4.69, 9.17) is 0 Å². The van der Waals surface area contributed by atoms with Crippen LogP contribution in [-0.2, 0) is 6.54 Å². The van der Waals surface area contributed by atoms with E-state index in [0.717, 1.165) is 44.0 Å². The average Bonchev–Trinajstić information content (AvgIpc) is 3.16. The summed E-state index contributed by atoms with van der Waals surface area (Å²) in [4.78, 5) is 14.0. The zero-order valence-corrected chi connectivity index (χ0v) is 15.2. The summed E-state index contributed by atoms with van der Waals surface area (Å²) in [6.07, 6.45) is 8.54. The van der Waals surface area contributed by atoms with Crippen LogP contribution in [-0.4, -0.2) is 61.2 Å². The second kappa shape index (κ2) is 7.60. The molecule has 1 aromatic heterocycles. The molecule has 1 unspecified atom stereocenters. The van der Waals surface area contributed by atoms with Crippen LogP contribution in [0.3, 0.4) is 0 Å². The highest BCUT2D eigenvalue weighted by Gasteiger charge is 2.34. The summed E-state index contributed by atoms with van der Waals surface area (Å²) < 4.78 is 0. The molecule has 25 heavy (non-hydrogen) atoms. The minimum atomic E-state index is 0.516. The fraction of sp³-hybridized carbons (Fsp3) is 0.684. The molecule has 4 rings (SSSR count). The fourth-order valence-electron chi connectivity index (χ4n) is 3.90. The summed E-state index contributed by atoms with van der Waals surface area (Å²) in [5.74, 6) is 2.00. The third-order valence-electron chi connectivity index (χ3n) is 5.55. The van der Waals surface area contributed by atoms with Crippen LogP contribution in [0, 0.1) is 0 Å². The molecule has 1 aromatic rings. The smallest absolute Gasteiger partial charge is 0.191 e. The molecule has 136 valence electrons. The van der Waals surface area contributed by atoms with Crippen LogP contribution in [0.25, 0.3) is 0 Å². The topological polar surface area (TPSA) is 55.8 Å². The van der Waals surface area contributed by atoms with Gasteiger partial charge < -0.3 is 15.5 Å². The fourth-order valence-corrected chi connectivity index (χ4v) is 3.90. The summed E-state index contributed by atoms with van der Waals surface area (Å²) in [6, 6.07) is 5.69. The third-order valence-corrected chi connectivity index (χ3v) is 5.55. The second-order valence-corrected chi connectivity index (χ2v) is 7.50. The van der Waals surface area contributed by atoms with Crippen LogP contribution in [0.5, 0.6) is 0 Å². The predicted octanol–water partition coefficient (Wildman–Crippen LogP) is 1.58. The van der Waals surface area contributed by atoms with Gasteiger partial charge in [-0.15, -0.1) is 0 Å². The van der Waals surface area contributed by atoms with E-state index in [2.05, 4.69) is 42.5 Å². The van der Waals surface area contributed by atoms with Gasteiger partial charge in [0.05, 0.1) is 0 Å². The molecule has 6 nitrogen and oxygen atoms in total. The zero-order chi connectivity index (χ0) is 17.1. The first-order valence-corrected chi connectivity index (χ1v) is 9.73. The summed E-state index contributed by atoms with van der Waals surface area (Å²) >= 11 is 0. The Morgan fingerprint density at radius 3 is 2.72 bits per heavy atom. The molecule has 2 saturated heterocycles. The van der Waals surface area contributed by atoms with Gasteiger partial charge >= 0.3 is 0 Å². The van der Waals surface area contributed by atoms with Crippen molar-refractivity contribution in [3.05, 3.63) is 23.9 Å². The Hall–Kier alpha value is -1.82. The maximum atomic E-state index is 4.62. The molecular weight excluding hydrogens is 312 g/mol. The van der Waals surface area contributed by atoms with Crippen molar-refractivity contribution in [3.63, 3.8) is 0 Å². The molecule has 1 atom stereocenters. The van der Waals surface area contributed by atoms with Crippen molar-refractivity contribution >= 4 is 11.8 Å². The van der Waals surface area contributed by atoms with Gasteiger partial charge in [-0.3, -0.25) is 9.89 Å². The highest BCUT2D eigenvalue weighted by molar-refractivity contribution is 5.80. The van der Waals surface area contributed by atoms with E-state index in [1.165, 1.54) is 44.2 Å². The molecule has 0 amide bonds. The van der Waals surface area contributed by atoms with Crippen molar-refractivity contribution in [1.82, 2.24) is 20.5 Å². The minimum Gasteiger partial charge on any atom is -0.357 e. The first-order chi connectivity index (χ1) is 12.3. The predicted molar refractivity (Wildman–Crippen MR) is 102 cm³/mol. The molecule has 1 saturated carbocycles. The molecular formula is C19H30N6. The molecule has 0 aromatic carbocycles. The molecule has 3 fully saturated rings. The van der Waals surface area contributed by atoms with Gasteiger partial charge in [-0.05, 0) is 43.7 Å². The molecule has 3 heterocycles. The van der Waals surface area contributed by atoms with E-state index in [0.29, 0.717) is 6.04 Å². The van der Waals surface area contributed by atoms with Crippen LogP contribution in [0.4, 0.5) is 5.82 Å². The number of anilines is 1. The Morgan fingerprint density at radius 1 is 1.20 bits per heavy atom. The Morgan fingerprint density at radius 2 is 2.04 bits per heavy atom. The number of aliphatic imine (C=N–C) groups is 1. The number of guanidine groups is 1. The highest BCUT2D eigenvalue weighted by atomic mass is 15.3. The van der Waals surface area contributed by atoms with Gasteiger partial charge in [0, 0.05) is 58.1 Å². The number of hydrogen-bond acceptors (Lipinski definition) is 4. The SMILES string of the molecule is CN=C(NCc1ccc(N2CCCC2)nc1)NC1CCN(C2CC2)C1. The lowest BCUT2D eigenvalue weighted by Crippen LogP contribution is -2.44. The van der Waals surface area contributed by atoms with Crippen LogP contribution in [0.15, 0.2) is 23.3 Å². The first-order valence-electron chi connectivity index (χ1n) is 9.73. The van der Waals surface area contributed by atoms with Crippen LogP contribution >= 0.6 is 0 Å². The van der Waals surface area contributed by atoms with E-state index in [1.807, 2.05) is 13.2 Å². The molecule has 0 radical (unpaired) electrons. The van der Waals surface area contributed by atoms with Gasteiger partial charge in [-0.1, -0.05) is 6.07 Å². The largest absolute Gasteiger partial charge is 0.357 e. The maximum Gasteiger partial charge on any atom is 0.191 e. The number of nitrogens with zero attached hydrogens (tertiary/aromatic N) is 4. The summed E-state index contributed by atoms with van der Waals surface area (Å²) in [5.41, 5.74) is 1.19. The van der Waals surface area contributed by atoms with E-state index < -0.39 is 0 Å². The van der Waals surface area contributed by atoms with Crippen molar-refractivity contribution in [2.75, 3.05) is 38.1 Å². The summed E-state index contributed by atoms with van der Waals surface area (Å²) in [6.45, 7) is 5.41. The standard InChI is InChI=1S/C19H30N6/c1-20-19(23-16-8-11-25(14-16)17-5-6-17)22-13-15-4-7-18(21-12-15)24-9-2-3-10-24/h4,7,12,16-17H,2-3,5-6,8-11,13-14H2,1H3,(H2,20,22,23). The van der Waals surface area contributed by atoms with E-state index >= 15 is 0 Å². The van der Waals surface area contributed by atoms with Gasteiger partial charge in [0.1, 0.15) is 5.82 Å². The second-order valence-electron chi connectivity index (χ2n) is 7.50. The van der Waals surface area contributed by atoms with Gasteiger partial charge in [-0.25, -0.2) is 4.98 Å². The minimum absolute atomic E-state index is 0.516. The summed E-state index contributed by atoms with van der Waals surface area (Å²) in [7, 11) is 1.84. The Kier molecular flexibility index (Phi) is 5.06. The molecule has 1 aliphatic carbocycles. The van der Waals surface area contributed by atoms with Gasteiger partial charge in [0.25, 0.3) is 0 Å². The lowest BCUT2D eigenvalue weighted by atomic mass is 10.2. The Labute approximate surface area is 150 Å². The maximum absolute atomic E-state index is 4.62. The Balaban J connectivity index is 1.24. The Bertz CT molecular complexity index is 588. The van der Waals surface area contributed by atoms with Crippen molar-refractivity contribution in [1.29, 1.82) is 0 Å². The van der Waals surface area contributed by atoms with E-state index in [-0.39, 0.29) is 0 Å². The number of pyridine rings is 1. The number of likely N-dealkylation sites (tertiary alicyclic amines) is 1. The average molecular weight is 342 g/mol. The molecule has 3 aliphatic rings. The monoisotopic (exact) mass is 342 g/mol. The van der Waals surface area contributed by atoms with E-state index in [9.17, 15) is 0 Å². The van der Waals surface area contributed by atoms with Crippen LogP contribution in [0.2, 0.25) is 0 Å². The zero-order valence-electron chi connectivity index (χ0n) is 15.2. The first kappa shape index (κ1) is 16.6. The summed E-state index contributed by atoms with van der Waals surface area (Å²) in [5, 5.41) is 7.00. The number of aromatic nitrogens is 1. The molecule has 0 spiro atoms. The molecule has 2 N–H and O–H groups in total. The quantitative estimate of drug-likeness (QED) is 0.629. The number of hydrogen-bond donors (Lipinski definition) is 2. The van der Waals surface area contributed by atoms with Gasteiger partial charge in [0.2, 0.25) is 0 Å². The van der Waals surface area contributed by atoms with Crippen LogP contribution < -0.4 is 15.5 Å².